The van der Waals surface area contributed by atoms with Crippen molar-refractivity contribution in [2.45, 2.75) is 19.9 Å². The maximum absolute atomic E-state index is 12.0. The molecule has 0 bridgehead atoms. The van der Waals surface area contributed by atoms with E-state index in [0.717, 1.165) is 16.8 Å². The van der Waals surface area contributed by atoms with E-state index in [9.17, 15) is 4.79 Å². The van der Waals surface area contributed by atoms with E-state index in [1.165, 1.54) is 0 Å². The summed E-state index contributed by atoms with van der Waals surface area (Å²) in [5, 5.41) is 2.87. The first kappa shape index (κ1) is 14.3. The van der Waals surface area contributed by atoms with Crippen LogP contribution in [0.3, 0.4) is 0 Å². The Morgan fingerprint density at radius 2 is 1.65 bits per heavy atom. The summed E-state index contributed by atoms with van der Waals surface area (Å²) < 4.78 is 0. The van der Waals surface area contributed by atoms with Gasteiger partial charge in [0.25, 0.3) is 0 Å². The molecule has 0 saturated carbocycles. The van der Waals surface area contributed by atoms with Gasteiger partial charge in [0.2, 0.25) is 5.91 Å². The summed E-state index contributed by atoms with van der Waals surface area (Å²) in [4.78, 5) is 12.0. The maximum atomic E-state index is 12.0. The molecule has 0 aromatic heterocycles. The van der Waals surface area contributed by atoms with E-state index in [1.54, 1.807) is 0 Å². The molecule has 0 spiro atoms. The zero-order valence-electron chi connectivity index (χ0n) is 11.8. The Bertz CT molecular complexity index is 579. The Balaban J connectivity index is 2.17. The Morgan fingerprint density at radius 1 is 1.00 bits per heavy atom. The van der Waals surface area contributed by atoms with E-state index in [1.807, 2.05) is 68.4 Å². The highest BCUT2D eigenvalue weighted by Gasteiger charge is 2.17. The predicted octanol–water partition coefficient (Wildman–Crippen LogP) is 3.28. The van der Waals surface area contributed by atoms with Gasteiger partial charge in [-0.15, -0.1) is 0 Å². The minimum Gasteiger partial charge on any atom is -0.325 e. The van der Waals surface area contributed by atoms with Crippen LogP contribution in [0.25, 0.3) is 11.1 Å². The van der Waals surface area contributed by atoms with Gasteiger partial charge < -0.3 is 11.1 Å². The lowest BCUT2D eigenvalue weighted by molar-refractivity contribution is -0.118. The molecule has 20 heavy (non-hydrogen) atoms. The first-order valence-electron chi connectivity index (χ1n) is 6.80. The molecule has 0 aliphatic carbocycles. The van der Waals surface area contributed by atoms with Crippen LogP contribution in [-0.4, -0.2) is 11.9 Å². The number of nitrogens with two attached hydrogens (primary N) is 1. The zero-order valence-corrected chi connectivity index (χ0v) is 11.8. The van der Waals surface area contributed by atoms with E-state index in [-0.39, 0.29) is 11.8 Å². The first-order chi connectivity index (χ1) is 9.58. The number of carbonyl (C=O) groups is 1. The molecule has 2 rings (SSSR count). The average Bonchev–Trinajstić information content (AvgIpc) is 2.47. The lowest BCUT2D eigenvalue weighted by Gasteiger charge is -2.15. The van der Waals surface area contributed by atoms with Crippen LogP contribution in [0.2, 0.25) is 0 Å². The van der Waals surface area contributed by atoms with Gasteiger partial charge in [-0.05, 0) is 29.2 Å². The molecule has 0 unspecified atom stereocenters. The normalized spacial score (nSPS) is 12.2. The molecule has 1 amide bonds. The molecule has 0 aliphatic rings. The van der Waals surface area contributed by atoms with Crippen molar-refractivity contribution in [2.24, 2.45) is 11.7 Å². The van der Waals surface area contributed by atoms with Crippen molar-refractivity contribution in [3.63, 3.8) is 0 Å². The SMILES string of the molecule is CC(C)[C@@H](N)C(=O)Nc1cccc(-c2ccccc2)c1. The summed E-state index contributed by atoms with van der Waals surface area (Å²) in [5.41, 5.74) is 8.81. The Labute approximate surface area is 119 Å². The fourth-order valence-corrected chi connectivity index (χ4v) is 1.94. The molecular weight excluding hydrogens is 248 g/mol. The van der Waals surface area contributed by atoms with Crippen LogP contribution < -0.4 is 11.1 Å². The van der Waals surface area contributed by atoms with Gasteiger partial charge in [0.05, 0.1) is 6.04 Å². The lowest BCUT2D eigenvalue weighted by Crippen LogP contribution is -2.39. The summed E-state index contributed by atoms with van der Waals surface area (Å²) in [7, 11) is 0. The predicted molar refractivity (Wildman–Crippen MR) is 83.3 cm³/mol. The molecular formula is C17H20N2O. The molecule has 0 fully saturated rings. The largest absolute Gasteiger partial charge is 0.325 e. The smallest absolute Gasteiger partial charge is 0.241 e. The fourth-order valence-electron chi connectivity index (χ4n) is 1.94. The molecule has 2 aromatic rings. The van der Waals surface area contributed by atoms with Gasteiger partial charge in [0.15, 0.2) is 0 Å². The van der Waals surface area contributed by atoms with Crippen molar-refractivity contribution in [1.29, 1.82) is 0 Å². The van der Waals surface area contributed by atoms with Gasteiger partial charge in [-0.2, -0.15) is 0 Å². The van der Waals surface area contributed by atoms with E-state index in [4.69, 9.17) is 5.73 Å². The highest BCUT2D eigenvalue weighted by molar-refractivity contribution is 5.95. The second-order valence-corrected chi connectivity index (χ2v) is 5.21. The summed E-state index contributed by atoms with van der Waals surface area (Å²) in [5.74, 6) is -0.0301. The molecule has 2 aromatic carbocycles. The monoisotopic (exact) mass is 268 g/mol. The fraction of sp³-hybridized carbons (Fsp3) is 0.235. The Kier molecular flexibility index (Phi) is 4.53. The second kappa shape index (κ2) is 6.35. The van der Waals surface area contributed by atoms with Crippen molar-refractivity contribution in [1.82, 2.24) is 0 Å². The van der Waals surface area contributed by atoms with Gasteiger partial charge >= 0.3 is 0 Å². The van der Waals surface area contributed by atoms with E-state index in [0.29, 0.717) is 0 Å². The van der Waals surface area contributed by atoms with Crippen LogP contribution in [0.4, 0.5) is 5.69 Å². The van der Waals surface area contributed by atoms with Crippen LogP contribution in [0.15, 0.2) is 54.6 Å². The molecule has 3 N–H and O–H groups in total. The van der Waals surface area contributed by atoms with E-state index >= 15 is 0 Å². The van der Waals surface area contributed by atoms with Crippen molar-refractivity contribution in [3.8, 4) is 11.1 Å². The number of nitrogens with one attached hydrogen (secondary N) is 1. The molecule has 1 atom stereocenters. The third-order valence-corrected chi connectivity index (χ3v) is 3.26. The average molecular weight is 268 g/mol. The standard InChI is InChI=1S/C17H20N2O/c1-12(2)16(18)17(20)19-15-10-6-9-14(11-15)13-7-4-3-5-8-13/h3-12,16H,18H2,1-2H3,(H,19,20)/t16-/m1/s1. The number of anilines is 1. The summed E-state index contributed by atoms with van der Waals surface area (Å²) >= 11 is 0. The van der Waals surface area contributed by atoms with E-state index in [2.05, 4.69) is 5.32 Å². The molecule has 0 aliphatic heterocycles. The van der Waals surface area contributed by atoms with Gasteiger partial charge in [-0.3, -0.25) is 4.79 Å². The molecule has 0 heterocycles. The first-order valence-corrected chi connectivity index (χ1v) is 6.80. The molecule has 3 nitrogen and oxygen atoms in total. The number of hydrogen-bond donors (Lipinski definition) is 2. The Hall–Kier alpha value is -2.13. The number of hydrogen-bond acceptors (Lipinski definition) is 2. The number of benzene rings is 2. The second-order valence-electron chi connectivity index (χ2n) is 5.21. The topological polar surface area (TPSA) is 55.1 Å². The van der Waals surface area contributed by atoms with Crippen LogP contribution in [-0.2, 0) is 4.79 Å². The lowest BCUT2D eigenvalue weighted by atomic mass is 10.0. The van der Waals surface area contributed by atoms with Gasteiger partial charge in [-0.1, -0.05) is 56.3 Å². The highest BCUT2D eigenvalue weighted by Crippen LogP contribution is 2.22. The quantitative estimate of drug-likeness (QED) is 0.894. The summed E-state index contributed by atoms with van der Waals surface area (Å²) in [6.07, 6.45) is 0. The van der Waals surface area contributed by atoms with Crippen molar-refractivity contribution < 1.29 is 4.79 Å². The van der Waals surface area contributed by atoms with Crippen LogP contribution in [0.1, 0.15) is 13.8 Å². The van der Waals surface area contributed by atoms with Gasteiger partial charge in [0, 0.05) is 5.69 Å². The summed E-state index contributed by atoms with van der Waals surface area (Å²) in [6, 6.07) is 17.3. The molecule has 3 heteroatoms. The number of rotatable bonds is 4. The third kappa shape index (κ3) is 3.45. The van der Waals surface area contributed by atoms with E-state index < -0.39 is 6.04 Å². The summed E-state index contributed by atoms with van der Waals surface area (Å²) in [6.45, 7) is 3.87. The third-order valence-electron chi connectivity index (χ3n) is 3.26. The maximum Gasteiger partial charge on any atom is 0.241 e. The zero-order chi connectivity index (χ0) is 14.5. The highest BCUT2D eigenvalue weighted by atomic mass is 16.2. The Morgan fingerprint density at radius 3 is 2.30 bits per heavy atom. The van der Waals surface area contributed by atoms with Crippen molar-refractivity contribution >= 4 is 11.6 Å². The molecule has 0 saturated heterocycles. The minimum atomic E-state index is -0.490. The molecule has 0 radical (unpaired) electrons. The van der Waals surface area contributed by atoms with Gasteiger partial charge in [-0.25, -0.2) is 0 Å². The van der Waals surface area contributed by atoms with Crippen molar-refractivity contribution in [2.75, 3.05) is 5.32 Å². The van der Waals surface area contributed by atoms with Gasteiger partial charge in [0.1, 0.15) is 0 Å². The van der Waals surface area contributed by atoms with Crippen LogP contribution in [0.5, 0.6) is 0 Å². The van der Waals surface area contributed by atoms with Crippen LogP contribution >= 0.6 is 0 Å². The number of carbonyl (C=O) groups excluding carboxylic acids is 1. The molecule has 104 valence electrons. The number of amides is 1. The van der Waals surface area contributed by atoms with Crippen LogP contribution in [0, 0.1) is 5.92 Å². The van der Waals surface area contributed by atoms with Crippen molar-refractivity contribution in [3.05, 3.63) is 54.6 Å². The minimum absolute atomic E-state index is 0.118.